The lowest BCUT2D eigenvalue weighted by molar-refractivity contribution is -0.116. The van der Waals surface area contributed by atoms with Crippen LogP contribution >= 0.6 is 11.8 Å². The minimum absolute atomic E-state index is 0.101. The first-order chi connectivity index (χ1) is 12.1. The number of carbonyl (C=O) groups is 1. The lowest BCUT2D eigenvalue weighted by atomic mass is 10.2. The van der Waals surface area contributed by atoms with Crippen molar-refractivity contribution in [2.75, 3.05) is 5.32 Å². The van der Waals surface area contributed by atoms with Crippen LogP contribution in [0.1, 0.15) is 5.56 Å². The average molecular weight is 357 g/mol. The van der Waals surface area contributed by atoms with Gasteiger partial charge in [-0.25, -0.2) is 4.98 Å². The van der Waals surface area contributed by atoms with Gasteiger partial charge in [-0.05, 0) is 42.1 Å². The van der Waals surface area contributed by atoms with E-state index < -0.39 is 5.76 Å². The maximum atomic E-state index is 12.8. The Balaban J connectivity index is 1.86. The molecule has 0 saturated heterocycles. The van der Waals surface area contributed by atoms with Crippen molar-refractivity contribution in [1.82, 2.24) is 9.55 Å². The highest BCUT2D eigenvalue weighted by Gasteiger charge is 2.17. The second-order valence-corrected chi connectivity index (χ2v) is 6.08. The summed E-state index contributed by atoms with van der Waals surface area (Å²) in [5.41, 5.74) is 2.37. The van der Waals surface area contributed by atoms with Crippen molar-refractivity contribution >= 4 is 34.4 Å². The Kier molecular flexibility index (Phi) is 5.00. The smallest absolute Gasteiger partial charge is 0.291 e. The number of halogens is 2. The summed E-state index contributed by atoms with van der Waals surface area (Å²) >= 11 is 0.317. The van der Waals surface area contributed by atoms with Gasteiger partial charge in [0.2, 0.25) is 5.91 Å². The number of aromatic nitrogens is 2. The van der Waals surface area contributed by atoms with Crippen molar-refractivity contribution in [3.63, 3.8) is 0 Å². The Morgan fingerprint density at radius 2 is 2.08 bits per heavy atom. The fourth-order valence-corrected chi connectivity index (χ4v) is 3.01. The van der Waals surface area contributed by atoms with Crippen molar-refractivity contribution in [1.29, 1.82) is 0 Å². The number of imidazole rings is 1. The molecule has 1 aromatic heterocycles. The van der Waals surface area contributed by atoms with E-state index in [4.69, 9.17) is 6.42 Å². The Morgan fingerprint density at radius 1 is 1.28 bits per heavy atom. The standard InChI is InChI=1S/C18H13F2N3OS/c1-2-12-6-5-7-13(10-12)21-16(24)11-23-15-9-4-3-8-14(15)22-18(23)25-17(19)20/h1,3-10,17H,11H2,(H,21,24). The molecule has 1 heterocycles. The maximum Gasteiger partial charge on any atom is 0.291 e. The molecule has 3 rings (SSSR count). The molecule has 1 N–H and O–H groups in total. The maximum absolute atomic E-state index is 12.8. The fourth-order valence-electron chi connectivity index (χ4n) is 2.41. The summed E-state index contributed by atoms with van der Waals surface area (Å²) in [5, 5.41) is 2.82. The highest BCUT2D eigenvalue weighted by atomic mass is 32.2. The summed E-state index contributed by atoms with van der Waals surface area (Å²) in [6.45, 7) is -0.129. The molecule has 3 aromatic rings. The molecule has 1 amide bonds. The second kappa shape index (κ2) is 7.36. The van der Waals surface area contributed by atoms with Crippen LogP contribution < -0.4 is 5.32 Å². The molecule has 126 valence electrons. The minimum atomic E-state index is -2.62. The molecule has 2 aromatic carbocycles. The fraction of sp³-hybridized carbons (Fsp3) is 0.111. The molecule has 0 aliphatic carbocycles. The van der Waals surface area contributed by atoms with Crippen LogP contribution in [0.4, 0.5) is 14.5 Å². The molecular formula is C18H13F2N3OS. The Morgan fingerprint density at radius 3 is 2.84 bits per heavy atom. The van der Waals surface area contributed by atoms with E-state index in [1.807, 2.05) is 0 Å². The molecule has 25 heavy (non-hydrogen) atoms. The van der Waals surface area contributed by atoms with Gasteiger partial charge in [-0.15, -0.1) is 6.42 Å². The molecule has 0 saturated carbocycles. The van der Waals surface area contributed by atoms with Crippen LogP contribution in [-0.2, 0) is 11.3 Å². The Bertz CT molecular complexity index is 962. The van der Waals surface area contributed by atoms with Gasteiger partial charge in [-0.1, -0.05) is 24.1 Å². The molecule has 0 unspecified atom stereocenters. The van der Waals surface area contributed by atoms with Crippen LogP contribution in [0.5, 0.6) is 0 Å². The van der Waals surface area contributed by atoms with Gasteiger partial charge in [0.25, 0.3) is 5.76 Å². The summed E-state index contributed by atoms with van der Waals surface area (Å²) in [6, 6.07) is 13.8. The van der Waals surface area contributed by atoms with Crippen LogP contribution in [0.15, 0.2) is 53.7 Å². The molecule has 0 bridgehead atoms. The van der Waals surface area contributed by atoms with Gasteiger partial charge in [0.1, 0.15) is 6.54 Å². The van der Waals surface area contributed by atoms with Gasteiger partial charge in [0.05, 0.1) is 11.0 Å². The third-order valence-electron chi connectivity index (χ3n) is 3.43. The van der Waals surface area contributed by atoms with E-state index in [1.54, 1.807) is 48.5 Å². The highest BCUT2D eigenvalue weighted by molar-refractivity contribution is 7.99. The van der Waals surface area contributed by atoms with Crippen LogP contribution in [0.2, 0.25) is 0 Å². The molecule has 0 radical (unpaired) electrons. The first kappa shape index (κ1) is 17.0. The van der Waals surface area contributed by atoms with E-state index in [0.717, 1.165) is 0 Å². The van der Waals surface area contributed by atoms with Gasteiger partial charge in [-0.3, -0.25) is 4.79 Å². The number of thioether (sulfide) groups is 1. The molecule has 0 fully saturated rings. The first-order valence-corrected chi connectivity index (χ1v) is 8.21. The summed E-state index contributed by atoms with van der Waals surface area (Å²) in [5.74, 6) is -0.485. The number of anilines is 1. The number of benzene rings is 2. The van der Waals surface area contributed by atoms with E-state index in [2.05, 4.69) is 16.2 Å². The lowest BCUT2D eigenvalue weighted by Gasteiger charge is -2.10. The van der Waals surface area contributed by atoms with Gasteiger partial charge in [0, 0.05) is 11.3 Å². The average Bonchev–Trinajstić information content (AvgIpc) is 2.91. The summed E-state index contributed by atoms with van der Waals surface area (Å²) in [7, 11) is 0. The van der Waals surface area contributed by atoms with Crippen molar-refractivity contribution < 1.29 is 13.6 Å². The van der Waals surface area contributed by atoms with Crippen molar-refractivity contribution in [3.05, 3.63) is 54.1 Å². The largest absolute Gasteiger partial charge is 0.324 e. The predicted octanol–water partition coefficient (Wildman–Crippen LogP) is 3.97. The number of para-hydroxylation sites is 2. The number of terminal acetylenes is 1. The molecule has 0 aliphatic rings. The van der Waals surface area contributed by atoms with E-state index in [0.29, 0.717) is 34.0 Å². The quantitative estimate of drug-likeness (QED) is 0.555. The molecule has 4 nitrogen and oxygen atoms in total. The van der Waals surface area contributed by atoms with Crippen LogP contribution in [0, 0.1) is 12.3 Å². The van der Waals surface area contributed by atoms with E-state index in [-0.39, 0.29) is 17.6 Å². The number of hydrogen-bond donors (Lipinski definition) is 1. The number of alkyl halides is 2. The zero-order valence-electron chi connectivity index (χ0n) is 12.9. The summed E-state index contributed by atoms with van der Waals surface area (Å²) < 4.78 is 27.1. The molecule has 0 atom stereocenters. The Labute approximate surface area is 147 Å². The monoisotopic (exact) mass is 357 g/mol. The van der Waals surface area contributed by atoms with Gasteiger partial charge in [0.15, 0.2) is 5.16 Å². The number of carbonyl (C=O) groups excluding carboxylic acids is 1. The molecule has 0 aliphatic heterocycles. The molecule has 0 spiro atoms. The highest BCUT2D eigenvalue weighted by Crippen LogP contribution is 2.28. The normalized spacial score (nSPS) is 10.8. The third kappa shape index (κ3) is 3.98. The zero-order chi connectivity index (χ0) is 17.8. The summed E-state index contributed by atoms with van der Waals surface area (Å²) in [6.07, 6.45) is 5.34. The number of amides is 1. The van der Waals surface area contributed by atoms with Gasteiger partial charge in [-0.2, -0.15) is 8.78 Å². The van der Waals surface area contributed by atoms with Crippen LogP contribution in [0.3, 0.4) is 0 Å². The number of fused-ring (bicyclic) bond motifs is 1. The topological polar surface area (TPSA) is 46.9 Å². The minimum Gasteiger partial charge on any atom is -0.324 e. The number of rotatable bonds is 5. The number of hydrogen-bond acceptors (Lipinski definition) is 3. The van der Waals surface area contributed by atoms with Crippen LogP contribution in [0.25, 0.3) is 11.0 Å². The first-order valence-electron chi connectivity index (χ1n) is 7.33. The van der Waals surface area contributed by atoms with E-state index >= 15 is 0 Å². The summed E-state index contributed by atoms with van der Waals surface area (Å²) in [4.78, 5) is 16.5. The van der Waals surface area contributed by atoms with Gasteiger partial charge >= 0.3 is 0 Å². The van der Waals surface area contributed by atoms with Gasteiger partial charge < -0.3 is 9.88 Å². The van der Waals surface area contributed by atoms with Crippen LogP contribution in [-0.4, -0.2) is 21.2 Å². The van der Waals surface area contributed by atoms with Crippen molar-refractivity contribution in [2.24, 2.45) is 0 Å². The SMILES string of the molecule is C#Cc1cccc(NC(=O)Cn2c(SC(F)F)nc3ccccc32)c1. The van der Waals surface area contributed by atoms with Crippen molar-refractivity contribution in [3.8, 4) is 12.3 Å². The Hall–Kier alpha value is -2.85. The number of nitrogens with one attached hydrogen (secondary N) is 1. The third-order valence-corrected chi connectivity index (χ3v) is 4.13. The molecule has 7 heteroatoms. The molecular weight excluding hydrogens is 344 g/mol. The van der Waals surface area contributed by atoms with E-state index in [1.165, 1.54) is 4.57 Å². The van der Waals surface area contributed by atoms with E-state index in [9.17, 15) is 13.6 Å². The second-order valence-electron chi connectivity index (χ2n) is 5.12. The predicted molar refractivity (Wildman–Crippen MR) is 94.6 cm³/mol. The van der Waals surface area contributed by atoms with Crippen molar-refractivity contribution in [2.45, 2.75) is 17.5 Å². The lowest BCUT2D eigenvalue weighted by Crippen LogP contribution is -2.19. The zero-order valence-corrected chi connectivity index (χ0v) is 13.8. The number of nitrogens with zero attached hydrogens (tertiary/aromatic N) is 2.